The number of benzene rings is 1. The fraction of sp³-hybridized carbons (Fsp3) is 0.550. The minimum absolute atomic E-state index is 0.00690. The fourth-order valence-electron chi connectivity index (χ4n) is 4.36. The van der Waals surface area contributed by atoms with Crippen LogP contribution in [0.2, 0.25) is 0 Å². The normalized spacial score (nSPS) is 21.2. The van der Waals surface area contributed by atoms with Crippen molar-refractivity contribution in [2.75, 3.05) is 13.1 Å². The van der Waals surface area contributed by atoms with E-state index in [1.807, 2.05) is 0 Å². The van der Waals surface area contributed by atoms with Gasteiger partial charge in [0, 0.05) is 25.2 Å². The number of carbonyl (C=O) groups excluding carboxylic acids is 3. The second-order valence-electron chi connectivity index (χ2n) is 8.12. The number of imide groups is 1. The molecule has 0 aromatic heterocycles. The zero-order chi connectivity index (χ0) is 21.3. The molecule has 4 rings (SSSR count). The van der Waals surface area contributed by atoms with Crippen LogP contribution in [0.4, 0.5) is 4.79 Å². The molecule has 1 saturated heterocycles. The lowest BCUT2D eigenvalue weighted by atomic mass is 9.96. The number of hydrogen-bond acceptors (Lipinski definition) is 5. The van der Waals surface area contributed by atoms with Crippen LogP contribution in [0.25, 0.3) is 0 Å². The highest BCUT2D eigenvalue weighted by molar-refractivity contribution is 7.89. The molecule has 10 heteroatoms. The highest BCUT2D eigenvalue weighted by atomic mass is 32.2. The molecule has 0 spiro atoms. The van der Waals surface area contributed by atoms with Crippen LogP contribution in [-0.2, 0) is 10.0 Å². The van der Waals surface area contributed by atoms with Crippen LogP contribution in [0.15, 0.2) is 23.1 Å². The first kappa shape index (κ1) is 20.8. The van der Waals surface area contributed by atoms with Crippen LogP contribution >= 0.6 is 0 Å². The molecule has 0 unspecified atom stereocenters. The second kappa shape index (κ2) is 8.35. The Labute approximate surface area is 175 Å². The van der Waals surface area contributed by atoms with Gasteiger partial charge in [-0.3, -0.25) is 14.9 Å². The Balaban J connectivity index is 1.34. The van der Waals surface area contributed by atoms with Gasteiger partial charge >= 0.3 is 6.03 Å². The van der Waals surface area contributed by atoms with Crippen molar-refractivity contribution < 1.29 is 22.8 Å². The van der Waals surface area contributed by atoms with Gasteiger partial charge in [0.25, 0.3) is 11.8 Å². The summed E-state index contributed by atoms with van der Waals surface area (Å²) < 4.78 is 27.3. The summed E-state index contributed by atoms with van der Waals surface area (Å²) in [6, 6.07) is 3.94. The molecule has 1 aliphatic carbocycles. The van der Waals surface area contributed by atoms with Gasteiger partial charge in [-0.05, 0) is 43.9 Å². The van der Waals surface area contributed by atoms with E-state index in [0.29, 0.717) is 12.8 Å². The molecule has 9 nitrogen and oxygen atoms in total. The third-order valence-corrected chi connectivity index (χ3v) is 7.97. The summed E-state index contributed by atoms with van der Waals surface area (Å²) >= 11 is 0. The molecular formula is C20H26N4O5S. The predicted octanol–water partition coefficient (Wildman–Crippen LogP) is 1.36. The van der Waals surface area contributed by atoms with E-state index in [1.54, 1.807) is 0 Å². The molecule has 2 heterocycles. The summed E-state index contributed by atoms with van der Waals surface area (Å²) in [6.45, 7) is 0.553. The molecule has 0 atom stereocenters. The van der Waals surface area contributed by atoms with Crippen LogP contribution in [0.5, 0.6) is 0 Å². The quantitative estimate of drug-likeness (QED) is 0.617. The van der Waals surface area contributed by atoms with Crippen LogP contribution in [-0.4, -0.2) is 55.7 Å². The van der Waals surface area contributed by atoms with E-state index in [9.17, 15) is 22.8 Å². The van der Waals surface area contributed by atoms with Crippen LogP contribution in [0.1, 0.15) is 65.7 Å². The fourth-order valence-corrected chi connectivity index (χ4v) is 5.85. The lowest BCUT2D eigenvalue weighted by Crippen LogP contribution is -2.51. The number of rotatable bonds is 4. The van der Waals surface area contributed by atoms with Crippen molar-refractivity contribution in [1.82, 2.24) is 20.3 Å². The summed E-state index contributed by atoms with van der Waals surface area (Å²) in [7, 11) is -3.79. The average molecular weight is 435 g/mol. The minimum atomic E-state index is -3.79. The van der Waals surface area contributed by atoms with Crippen molar-refractivity contribution in [2.24, 2.45) is 0 Å². The summed E-state index contributed by atoms with van der Waals surface area (Å²) in [4.78, 5) is 35.7. The first-order valence-corrected chi connectivity index (χ1v) is 11.9. The molecule has 1 aromatic rings. The number of fused-ring (bicyclic) bond motifs is 1. The number of urea groups is 1. The van der Waals surface area contributed by atoms with Crippen molar-refractivity contribution in [3.63, 3.8) is 0 Å². The van der Waals surface area contributed by atoms with Crippen molar-refractivity contribution in [3.8, 4) is 0 Å². The molecular weight excluding hydrogens is 408 g/mol. The van der Waals surface area contributed by atoms with Gasteiger partial charge in [0.05, 0.1) is 16.0 Å². The van der Waals surface area contributed by atoms with Crippen molar-refractivity contribution in [2.45, 2.75) is 61.9 Å². The van der Waals surface area contributed by atoms with Gasteiger partial charge in [-0.25, -0.2) is 13.2 Å². The first-order valence-electron chi connectivity index (χ1n) is 10.4. The average Bonchev–Trinajstić information content (AvgIpc) is 3.02. The van der Waals surface area contributed by atoms with E-state index in [2.05, 4.69) is 16.0 Å². The van der Waals surface area contributed by atoms with Crippen LogP contribution < -0.4 is 16.0 Å². The number of amides is 4. The van der Waals surface area contributed by atoms with Gasteiger partial charge in [0.15, 0.2) is 0 Å². The molecule has 30 heavy (non-hydrogen) atoms. The Morgan fingerprint density at radius 3 is 2.17 bits per heavy atom. The van der Waals surface area contributed by atoms with Gasteiger partial charge < -0.3 is 10.6 Å². The molecule has 2 fully saturated rings. The minimum Gasteiger partial charge on any atom is -0.335 e. The molecule has 1 aromatic carbocycles. The van der Waals surface area contributed by atoms with Gasteiger partial charge in [-0.2, -0.15) is 4.31 Å². The van der Waals surface area contributed by atoms with E-state index in [4.69, 9.17) is 0 Å². The standard InChI is InChI=1S/C20H26N4O5S/c25-18-16-7-6-15(12-17(16)19(26)23-18)30(28,29)24-10-8-14(9-11-24)22-20(27)21-13-4-2-1-3-5-13/h6-7,12-14H,1-5,8-11H2,(H2,21,22,27)(H,23,25,26). The number of sulfonamides is 1. The van der Waals surface area contributed by atoms with E-state index >= 15 is 0 Å². The maximum atomic E-state index is 13.0. The molecule has 0 bridgehead atoms. The van der Waals surface area contributed by atoms with Gasteiger partial charge in [0.1, 0.15) is 0 Å². The van der Waals surface area contributed by atoms with E-state index in [1.165, 1.54) is 28.9 Å². The molecule has 0 radical (unpaired) electrons. The lowest BCUT2D eigenvalue weighted by Gasteiger charge is -2.32. The largest absolute Gasteiger partial charge is 0.335 e. The zero-order valence-electron chi connectivity index (χ0n) is 16.6. The summed E-state index contributed by atoms with van der Waals surface area (Å²) in [5.74, 6) is -1.10. The molecule has 3 aliphatic rings. The summed E-state index contributed by atoms with van der Waals surface area (Å²) in [5.41, 5.74) is 0.267. The third kappa shape index (κ3) is 4.20. The number of hydrogen-bond donors (Lipinski definition) is 3. The number of nitrogens with zero attached hydrogens (tertiary/aromatic N) is 1. The first-order chi connectivity index (χ1) is 14.3. The highest BCUT2D eigenvalue weighted by Crippen LogP contribution is 2.25. The Morgan fingerprint density at radius 2 is 1.50 bits per heavy atom. The molecule has 1 saturated carbocycles. The Kier molecular flexibility index (Phi) is 5.79. The predicted molar refractivity (Wildman–Crippen MR) is 109 cm³/mol. The monoisotopic (exact) mass is 434 g/mol. The Bertz CT molecular complexity index is 963. The second-order valence-corrected chi connectivity index (χ2v) is 10.1. The molecule has 3 N–H and O–H groups in total. The van der Waals surface area contributed by atoms with Gasteiger partial charge in [-0.1, -0.05) is 19.3 Å². The van der Waals surface area contributed by atoms with Crippen LogP contribution in [0, 0.1) is 0 Å². The molecule has 4 amide bonds. The smallest absolute Gasteiger partial charge is 0.315 e. The van der Waals surface area contributed by atoms with E-state index in [0.717, 1.165) is 25.7 Å². The number of piperidine rings is 1. The zero-order valence-corrected chi connectivity index (χ0v) is 17.5. The SMILES string of the molecule is O=C(NC1CCCCC1)NC1CCN(S(=O)(=O)c2ccc3c(c2)C(=O)NC3=O)CC1. The number of carbonyl (C=O) groups is 3. The van der Waals surface area contributed by atoms with E-state index in [-0.39, 0.29) is 47.2 Å². The topological polar surface area (TPSA) is 125 Å². The Morgan fingerprint density at radius 1 is 0.900 bits per heavy atom. The van der Waals surface area contributed by atoms with Gasteiger partial charge in [0.2, 0.25) is 10.0 Å². The summed E-state index contributed by atoms with van der Waals surface area (Å²) in [5, 5.41) is 8.14. The summed E-state index contributed by atoms with van der Waals surface area (Å²) in [6.07, 6.45) is 6.54. The van der Waals surface area contributed by atoms with Gasteiger partial charge in [-0.15, -0.1) is 0 Å². The highest BCUT2D eigenvalue weighted by Gasteiger charge is 2.33. The maximum absolute atomic E-state index is 13.0. The van der Waals surface area contributed by atoms with Crippen molar-refractivity contribution >= 4 is 27.9 Å². The number of nitrogens with one attached hydrogen (secondary N) is 3. The maximum Gasteiger partial charge on any atom is 0.315 e. The molecule has 162 valence electrons. The third-order valence-electron chi connectivity index (χ3n) is 6.07. The Hall–Kier alpha value is -2.46. The lowest BCUT2D eigenvalue weighted by molar-refractivity contribution is 0.0879. The van der Waals surface area contributed by atoms with Crippen LogP contribution in [0.3, 0.4) is 0 Å². The van der Waals surface area contributed by atoms with Crippen molar-refractivity contribution in [1.29, 1.82) is 0 Å². The molecule has 2 aliphatic heterocycles. The van der Waals surface area contributed by atoms with Crippen molar-refractivity contribution in [3.05, 3.63) is 29.3 Å². The van der Waals surface area contributed by atoms with E-state index < -0.39 is 21.8 Å².